The summed E-state index contributed by atoms with van der Waals surface area (Å²) in [4.78, 5) is 22.0. The maximum Gasteiger partial charge on any atom is 0.394 e. The van der Waals surface area contributed by atoms with Crippen molar-refractivity contribution in [1.82, 2.24) is 0 Å². The van der Waals surface area contributed by atoms with Gasteiger partial charge in [-0.15, -0.1) is 0 Å². The zero-order valence-corrected chi connectivity index (χ0v) is 21.3. The van der Waals surface area contributed by atoms with Gasteiger partial charge in [-0.3, -0.25) is 18.7 Å². The lowest BCUT2D eigenvalue weighted by atomic mass is 9.73. The van der Waals surface area contributed by atoms with Crippen molar-refractivity contribution in [1.29, 1.82) is 0 Å². The first-order chi connectivity index (χ1) is 14.5. The number of rotatable bonds is 3. The lowest BCUT2D eigenvalue weighted by molar-refractivity contribution is -0.149. The highest BCUT2D eigenvalue weighted by atomic mass is 32.3. The number of aliphatic hydroxyl groups is 1. The molecule has 2 fully saturated rings. The molecule has 0 heterocycles. The summed E-state index contributed by atoms with van der Waals surface area (Å²) in [5.41, 5.74) is 0.814. The first-order valence-electron chi connectivity index (χ1n) is 11.2. The van der Waals surface area contributed by atoms with Gasteiger partial charge in [0.1, 0.15) is 0 Å². The molecule has 2 rings (SSSR count). The lowest BCUT2D eigenvalue weighted by Crippen LogP contribution is -2.27. The number of ether oxygens (including phenoxy) is 1. The van der Waals surface area contributed by atoms with Crippen LogP contribution in [0.25, 0.3) is 0 Å². The molecule has 0 atom stereocenters. The maximum absolute atomic E-state index is 11.4. The van der Waals surface area contributed by atoms with Crippen LogP contribution >= 0.6 is 0 Å². The second-order valence-electron chi connectivity index (χ2n) is 9.73. The van der Waals surface area contributed by atoms with Crippen LogP contribution in [0.1, 0.15) is 92.9 Å². The third-order valence-electron chi connectivity index (χ3n) is 5.65. The van der Waals surface area contributed by atoms with Gasteiger partial charge in [-0.25, -0.2) is 0 Å². The number of hydrogen-bond donors (Lipinski definition) is 4. The Morgan fingerprint density at radius 3 is 1.38 bits per heavy atom. The molecule has 0 spiro atoms. The topological polar surface area (TPSA) is 158 Å². The van der Waals surface area contributed by atoms with E-state index >= 15 is 0 Å². The molecule has 0 radical (unpaired) electrons. The molecule has 2 aliphatic carbocycles. The van der Waals surface area contributed by atoms with Crippen molar-refractivity contribution in [2.45, 2.75) is 92.9 Å². The Bertz CT molecular complexity index is 614. The molecule has 0 unspecified atom stereocenters. The second kappa shape index (κ2) is 15.6. The highest BCUT2D eigenvalue weighted by molar-refractivity contribution is 7.79. The van der Waals surface area contributed by atoms with Gasteiger partial charge >= 0.3 is 22.3 Å². The van der Waals surface area contributed by atoms with Crippen LogP contribution in [0.4, 0.5) is 0 Å². The van der Waals surface area contributed by atoms with E-state index < -0.39 is 16.4 Å². The monoisotopic (exact) mass is 484 g/mol. The van der Waals surface area contributed by atoms with E-state index in [4.69, 9.17) is 32.5 Å². The summed E-state index contributed by atoms with van der Waals surface area (Å²) in [7, 11) is -4.67. The molecule has 0 bridgehead atoms. The number of esters is 1. The zero-order valence-electron chi connectivity index (χ0n) is 20.5. The number of carbonyl (C=O) groups is 2. The van der Waals surface area contributed by atoms with E-state index in [9.17, 15) is 9.59 Å². The van der Waals surface area contributed by atoms with E-state index in [-0.39, 0.29) is 24.4 Å². The fourth-order valence-electron chi connectivity index (χ4n) is 3.54. The molecule has 0 aromatic rings. The van der Waals surface area contributed by atoms with Gasteiger partial charge in [0, 0.05) is 6.61 Å². The average Bonchev–Trinajstić information content (AvgIpc) is 2.61. The van der Waals surface area contributed by atoms with Crippen molar-refractivity contribution in [3.8, 4) is 0 Å². The lowest BCUT2D eigenvalue weighted by Gasteiger charge is -2.33. The van der Waals surface area contributed by atoms with Gasteiger partial charge in [0.15, 0.2) is 0 Å². The standard InChI is InChI=1S/C11H20O2.C9H16O2.C2H6O.H2O4S/c1-4-13-10(12)9-5-7-11(2,3)8-6-9;1-9(2)5-3-7(4-6-9)8(10)11;1-2-3;1-5(2,3)4/h9H,4-8H2,1-3H3;7H,3-6H2,1-2H3,(H,10,11);3H,2H2,1H3;(H2,1,2,3,4). The highest BCUT2D eigenvalue weighted by Gasteiger charge is 2.31. The van der Waals surface area contributed by atoms with Crippen molar-refractivity contribution in [2.75, 3.05) is 13.2 Å². The quantitative estimate of drug-likeness (QED) is 0.336. The summed E-state index contributed by atoms with van der Waals surface area (Å²) in [6.07, 6.45) is 8.16. The van der Waals surface area contributed by atoms with Gasteiger partial charge < -0.3 is 14.9 Å². The van der Waals surface area contributed by atoms with Crippen LogP contribution in [-0.2, 0) is 24.7 Å². The Morgan fingerprint density at radius 2 is 1.12 bits per heavy atom. The summed E-state index contributed by atoms with van der Waals surface area (Å²) >= 11 is 0. The molecule has 2 aliphatic rings. The molecular weight excluding hydrogens is 440 g/mol. The predicted molar refractivity (Wildman–Crippen MR) is 123 cm³/mol. The fourth-order valence-corrected chi connectivity index (χ4v) is 3.54. The van der Waals surface area contributed by atoms with Gasteiger partial charge in [0.2, 0.25) is 0 Å². The van der Waals surface area contributed by atoms with Gasteiger partial charge in [0.25, 0.3) is 0 Å². The van der Waals surface area contributed by atoms with E-state index in [0.29, 0.717) is 17.4 Å². The molecule has 9 nitrogen and oxygen atoms in total. The second-order valence-corrected chi connectivity index (χ2v) is 10.6. The minimum Gasteiger partial charge on any atom is -0.481 e. The summed E-state index contributed by atoms with van der Waals surface area (Å²) < 4.78 is 36.6. The van der Waals surface area contributed by atoms with Gasteiger partial charge in [0.05, 0.1) is 18.4 Å². The molecule has 4 N–H and O–H groups in total. The van der Waals surface area contributed by atoms with Crippen LogP contribution in [-0.4, -0.2) is 52.9 Å². The number of aliphatic carboxylic acids is 1. The Hall–Kier alpha value is -1.23. The molecule has 32 heavy (non-hydrogen) atoms. The molecule has 0 aromatic heterocycles. The third-order valence-corrected chi connectivity index (χ3v) is 5.65. The Kier molecular flexibility index (Phi) is 16.0. The molecule has 0 aromatic carbocycles. The zero-order chi connectivity index (χ0) is 25.6. The number of carboxylic acid groups (broad SMARTS) is 1. The minimum absolute atomic E-state index is 0.0120. The SMILES string of the molecule is CC1(C)CCC(C(=O)O)CC1.CCO.CCOC(=O)C1CCC(C)(C)CC1.O=S(=O)(O)O. The molecule has 192 valence electrons. The first kappa shape index (κ1) is 32.9. The van der Waals surface area contributed by atoms with E-state index in [1.807, 2.05) is 6.92 Å². The highest BCUT2D eigenvalue weighted by Crippen LogP contribution is 2.38. The molecule has 2 saturated carbocycles. The number of carbonyl (C=O) groups excluding carboxylic acids is 1. The van der Waals surface area contributed by atoms with Crippen molar-refractivity contribution in [3.05, 3.63) is 0 Å². The van der Waals surface area contributed by atoms with E-state index in [1.54, 1.807) is 6.92 Å². The number of aliphatic hydroxyl groups excluding tert-OH is 1. The molecular formula is C22H44O9S. The normalized spacial score (nSPS) is 20.2. The van der Waals surface area contributed by atoms with Crippen LogP contribution in [0.15, 0.2) is 0 Å². The van der Waals surface area contributed by atoms with E-state index in [1.165, 1.54) is 0 Å². The first-order valence-corrected chi connectivity index (χ1v) is 12.6. The molecule has 0 saturated heterocycles. The van der Waals surface area contributed by atoms with Gasteiger partial charge in [-0.05, 0) is 76.0 Å². The van der Waals surface area contributed by atoms with Gasteiger partial charge in [-0.1, -0.05) is 27.7 Å². The van der Waals surface area contributed by atoms with Crippen LogP contribution in [0.3, 0.4) is 0 Å². The Balaban J connectivity index is 0. The fraction of sp³-hybridized carbons (Fsp3) is 0.909. The smallest absolute Gasteiger partial charge is 0.394 e. The van der Waals surface area contributed by atoms with E-state index in [2.05, 4.69) is 27.7 Å². The summed E-state index contributed by atoms with van der Waals surface area (Å²) in [6.45, 7) is 13.3. The minimum atomic E-state index is -4.67. The van der Waals surface area contributed by atoms with Crippen molar-refractivity contribution >= 4 is 22.3 Å². The summed E-state index contributed by atoms with van der Waals surface area (Å²) in [6, 6.07) is 0. The summed E-state index contributed by atoms with van der Waals surface area (Å²) in [5, 5.41) is 16.3. The van der Waals surface area contributed by atoms with Crippen LogP contribution in [0.5, 0.6) is 0 Å². The largest absolute Gasteiger partial charge is 0.481 e. The van der Waals surface area contributed by atoms with E-state index in [0.717, 1.165) is 51.4 Å². The maximum atomic E-state index is 11.4. The van der Waals surface area contributed by atoms with Crippen molar-refractivity contribution < 1.29 is 42.1 Å². The summed E-state index contributed by atoms with van der Waals surface area (Å²) in [5.74, 6) is -0.491. The van der Waals surface area contributed by atoms with Crippen LogP contribution in [0.2, 0.25) is 0 Å². The molecule has 0 amide bonds. The van der Waals surface area contributed by atoms with Crippen molar-refractivity contribution in [3.63, 3.8) is 0 Å². The number of carboxylic acids is 1. The Labute approximate surface area is 193 Å². The predicted octanol–water partition coefficient (Wildman–Crippen LogP) is 4.40. The van der Waals surface area contributed by atoms with Gasteiger partial charge in [-0.2, -0.15) is 8.42 Å². The molecule has 0 aliphatic heterocycles. The average molecular weight is 485 g/mol. The third kappa shape index (κ3) is 19.5. The van der Waals surface area contributed by atoms with Crippen LogP contribution in [0, 0.1) is 22.7 Å². The van der Waals surface area contributed by atoms with Crippen LogP contribution < -0.4 is 0 Å². The molecule has 10 heteroatoms. The van der Waals surface area contributed by atoms with Crippen molar-refractivity contribution in [2.24, 2.45) is 22.7 Å². The Morgan fingerprint density at radius 1 is 0.844 bits per heavy atom. The number of hydrogen-bond acceptors (Lipinski definition) is 6.